The van der Waals surface area contributed by atoms with Gasteiger partial charge in [0.05, 0.1) is 11.6 Å². The number of aliphatic hydroxyl groups excluding tert-OH is 1. The summed E-state index contributed by atoms with van der Waals surface area (Å²) in [5.74, 6) is 1.26. The maximum absolute atomic E-state index is 11.3. The zero-order valence-electron chi connectivity index (χ0n) is 13.6. The number of carbonyl (C=O) groups is 1. The van der Waals surface area contributed by atoms with Gasteiger partial charge in [0, 0.05) is 12.1 Å². The molecule has 3 rings (SSSR count). The van der Waals surface area contributed by atoms with Crippen molar-refractivity contribution >= 4 is 11.6 Å². The molecule has 1 aliphatic heterocycles. The van der Waals surface area contributed by atoms with E-state index in [0.29, 0.717) is 29.9 Å². The van der Waals surface area contributed by atoms with Gasteiger partial charge < -0.3 is 19.9 Å². The van der Waals surface area contributed by atoms with Gasteiger partial charge in [-0.3, -0.25) is 4.79 Å². The van der Waals surface area contributed by atoms with Crippen LogP contribution in [0.15, 0.2) is 42.5 Å². The van der Waals surface area contributed by atoms with Crippen LogP contribution < -0.4 is 14.8 Å². The third kappa shape index (κ3) is 4.49. The third-order valence-corrected chi connectivity index (χ3v) is 3.84. The Morgan fingerprint density at radius 1 is 1.08 bits per heavy atom. The number of benzene rings is 2. The second kappa shape index (κ2) is 7.69. The number of hydrogen-bond donors (Lipinski definition) is 2. The van der Waals surface area contributed by atoms with E-state index in [0.717, 1.165) is 11.3 Å². The number of rotatable bonds is 6. The molecule has 1 atom stereocenters. The number of nitrogens with one attached hydrogen (secondary N) is 1. The number of carbonyl (C=O) groups excluding carboxylic acids is 1. The molecule has 0 fully saturated rings. The highest BCUT2D eigenvalue weighted by Crippen LogP contribution is 2.26. The molecule has 25 heavy (non-hydrogen) atoms. The first kappa shape index (κ1) is 16.8. The fourth-order valence-corrected chi connectivity index (χ4v) is 2.51. The summed E-state index contributed by atoms with van der Waals surface area (Å²) in [5.41, 5.74) is 2.40. The van der Waals surface area contributed by atoms with Crippen molar-refractivity contribution in [2.24, 2.45) is 0 Å². The molecule has 1 heterocycles. The summed E-state index contributed by atoms with van der Waals surface area (Å²) in [5, 5.41) is 21.5. The highest BCUT2D eigenvalue weighted by molar-refractivity contribution is 5.93. The van der Waals surface area contributed by atoms with Crippen molar-refractivity contribution in [1.29, 1.82) is 5.26 Å². The number of aliphatic hydroxyl groups is 1. The van der Waals surface area contributed by atoms with Gasteiger partial charge in [-0.15, -0.1) is 0 Å². The number of amides is 1. The number of aryl methyl sites for hydroxylation is 1. The zero-order valence-corrected chi connectivity index (χ0v) is 13.6. The Labute approximate surface area is 145 Å². The van der Waals surface area contributed by atoms with Crippen molar-refractivity contribution in [3.8, 4) is 17.6 Å². The molecule has 128 valence electrons. The molecule has 0 aliphatic carbocycles. The summed E-state index contributed by atoms with van der Waals surface area (Å²) in [6.45, 7) is 0.189. The predicted molar refractivity (Wildman–Crippen MR) is 91.5 cm³/mol. The van der Waals surface area contributed by atoms with Gasteiger partial charge in [0.25, 0.3) is 0 Å². The SMILES string of the molecule is N#Cc1ccc(OC[C@H](O)COc2ccc3c(c2)CCC(=O)N3)cc1. The van der Waals surface area contributed by atoms with E-state index < -0.39 is 6.10 Å². The molecule has 6 nitrogen and oxygen atoms in total. The van der Waals surface area contributed by atoms with E-state index in [1.54, 1.807) is 36.4 Å². The third-order valence-electron chi connectivity index (χ3n) is 3.84. The average Bonchev–Trinajstić information content (AvgIpc) is 2.65. The number of hydrogen-bond acceptors (Lipinski definition) is 5. The molecule has 0 bridgehead atoms. The average molecular weight is 338 g/mol. The molecule has 2 aromatic rings. The van der Waals surface area contributed by atoms with Crippen molar-refractivity contribution in [2.45, 2.75) is 18.9 Å². The molecule has 1 aliphatic rings. The zero-order chi connectivity index (χ0) is 17.6. The first-order valence-electron chi connectivity index (χ1n) is 8.00. The Balaban J connectivity index is 1.48. The first-order valence-corrected chi connectivity index (χ1v) is 8.00. The van der Waals surface area contributed by atoms with Crippen molar-refractivity contribution in [1.82, 2.24) is 0 Å². The van der Waals surface area contributed by atoms with E-state index in [2.05, 4.69) is 5.32 Å². The molecule has 0 saturated heterocycles. The Kier molecular flexibility index (Phi) is 5.17. The number of nitriles is 1. The Hall–Kier alpha value is -3.04. The van der Waals surface area contributed by atoms with Crippen LogP contribution in [0.2, 0.25) is 0 Å². The molecule has 0 aromatic heterocycles. The molecule has 0 radical (unpaired) electrons. The molecule has 6 heteroatoms. The van der Waals surface area contributed by atoms with Crippen LogP contribution in [0.3, 0.4) is 0 Å². The quantitative estimate of drug-likeness (QED) is 0.843. The van der Waals surface area contributed by atoms with Gasteiger partial charge in [-0.1, -0.05) is 0 Å². The number of fused-ring (bicyclic) bond motifs is 1. The summed E-state index contributed by atoms with van der Waals surface area (Å²) in [7, 11) is 0. The van der Waals surface area contributed by atoms with Crippen molar-refractivity contribution < 1.29 is 19.4 Å². The van der Waals surface area contributed by atoms with Crippen LogP contribution in [-0.4, -0.2) is 30.3 Å². The highest BCUT2D eigenvalue weighted by atomic mass is 16.5. The lowest BCUT2D eigenvalue weighted by atomic mass is 10.0. The number of anilines is 1. The first-order chi connectivity index (χ1) is 12.1. The second-order valence-electron chi connectivity index (χ2n) is 5.78. The normalized spacial score (nSPS) is 14.0. The van der Waals surface area contributed by atoms with Crippen LogP contribution >= 0.6 is 0 Å². The molecule has 0 unspecified atom stereocenters. The van der Waals surface area contributed by atoms with E-state index >= 15 is 0 Å². The minimum atomic E-state index is -0.786. The van der Waals surface area contributed by atoms with Crippen LogP contribution in [0.25, 0.3) is 0 Å². The molecule has 0 spiro atoms. The fourth-order valence-electron chi connectivity index (χ4n) is 2.51. The molecule has 1 amide bonds. The predicted octanol–water partition coefficient (Wildman–Crippen LogP) is 2.26. The monoisotopic (exact) mass is 338 g/mol. The van der Waals surface area contributed by atoms with Crippen LogP contribution in [0, 0.1) is 11.3 Å². The second-order valence-corrected chi connectivity index (χ2v) is 5.78. The lowest BCUT2D eigenvalue weighted by Crippen LogP contribution is -2.25. The van der Waals surface area contributed by atoms with Gasteiger partial charge in [0.2, 0.25) is 5.91 Å². The van der Waals surface area contributed by atoms with Gasteiger partial charge in [-0.2, -0.15) is 5.26 Å². The molecular weight excluding hydrogens is 320 g/mol. The Morgan fingerprint density at radius 3 is 2.48 bits per heavy atom. The molecular formula is C19H18N2O4. The minimum absolute atomic E-state index is 0.0246. The van der Waals surface area contributed by atoms with Crippen LogP contribution in [0.1, 0.15) is 17.5 Å². The Bertz CT molecular complexity index is 796. The smallest absolute Gasteiger partial charge is 0.224 e. The molecule has 0 saturated carbocycles. The summed E-state index contributed by atoms with van der Waals surface area (Å²) in [6, 6.07) is 14.2. The van der Waals surface area contributed by atoms with Gasteiger partial charge in [-0.25, -0.2) is 0 Å². The number of nitrogens with zero attached hydrogens (tertiary/aromatic N) is 1. The van der Waals surface area contributed by atoms with E-state index in [-0.39, 0.29) is 19.1 Å². The van der Waals surface area contributed by atoms with Crippen molar-refractivity contribution in [3.63, 3.8) is 0 Å². The minimum Gasteiger partial charge on any atom is -0.491 e. The van der Waals surface area contributed by atoms with Crippen LogP contribution in [0.5, 0.6) is 11.5 Å². The standard InChI is InChI=1S/C19H18N2O4/c20-10-13-1-4-16(5-2-13)24-11-15(22)12-25-17-6-7-18-14(9-17)3-8-19(23)21-18/h1-2,4-7,9,15,22H,3,8,11-12H2,(H,21,23)/t15-/m0/s1. The van der Waals surface area contributed by atoms with Crippen molar-refractivity contribution in [3.05, 3.63) is 53.6 Å². The van der Waals surface area contributed by atoms with Gasteiger partial charge >= 0.3 is 0 Å². The van der Waals surface area contributed by atoms with Gasteiger partial charge in [0.1, 0.15) is 30.8 Å². The van der Waals surface area contributed by atoms with E-state index in [1.807, 2.05) is 12.1 Å². The highest BCUT2D eigenvalue weighted by Gasteiger charge is 2.15. The van der Waals surface area contributed by atoms with E-state index in [9.17, 15) is 9.90 Å². The maximum Gasteiger partial charge on any atom is 0.224 e. The summed E-state index contributed by atoms with van der Waals surface area (Å²) in [4.78, 5) is 11.3. The van der Waals surface area contributed by atoms with Crippen LogP contribution in [0.4, 0.5) is 5.69 Å². The van der Waals surface area contributed by atoms with E-state index in [4.69, 9.17) is 14.7 Å². The summed E-state index contributed by atoms with van der Waals surface area (Å²) < 4.78 is 11.1. The maximum atomic E-state index is 11.3. The largest absolute Gasteiger partial charge is 0.491 e. The van der Waals surface area contributed by atoms with Gasteiger partial charge in [0.15, 0.2) is 0 Å². The molecule has 2 N–H and O–H groups in total. The van der Waals surface area contributed by atoms with Crippen LogP contribution in [-0.2, 0) is 11.2 Å². The lowest BCUT2D eigenvalue weighted by Gasteiger charge is -2.18. The van der Waals surface area contributed by atoms with E-state index in [1.165, 1.54) is 0 Å². The fraction of sp³-hybridized carbons (Fsp3) is 0.263. The van der Waals surface area contributed by atoms with Crippen molar-refractivity contribution in [2.75, 3.05) is 18.5 Å². The summed E-state index contributed by atoms with van der Waals surface area (Å²) in [6.07, 6.45) is 0.367. The lowest BCUT2D eigenvalue weighted by molar-refractivity contribution is -0.116. The number of ether oxygens (including phenoxy) is 2. The topological polar surface area (TPSA) is 91.6 Å². The van der Waals surface area contributed by atoms with Gasteiger partial charge in [-0.05, 0) is 54.4 Å². The molecule has 2 aromatic carbocycles. The Morgan fingerprint density at radius 2 is 1.76 bits per heavy atom. The summed E-state index contributed by atoms with van der Waals surface area (Å²) >= 11 is 0.